The second-order valence-corrected chi connectivity index (χ2v) is 5.18. The fourth-order valence-corrected chi connectivity index (χ4v) is 2.75. The normalized spacial score (nSPS) is 27.1. The minimum atomic E-state index is -0.0783. The maximum absolute atomic E-state index is 12.1. The Balaban J connectivity index is 1.57. The van der Waals surface area contributed by atoms with Crippen LogP contribution in [0.5, 0.6) is 0 Å². The second-order valence-electron chi connectivity index (χ2n) is 5.18. The van der Waals surface area contributed by atoms with Gasteiger partial charge in [0, 0.05) is 25.3 Å². The number of nitrogens with one attached hydrogen (secondary N) is 1. The van der Waals surface area contributed by atoms with Crippen LogP contribution in [0.3, 0.4) is 0 Å². The molecule has 1 aromatic heterocycles. The zero-order valence-corrected chi connectivity index (χ0v) is 11.5. The zero-order valence-electron chi connectivity index (χ0n) is 11.5. The maximum Gasteiger partial charge on any atom is 0.239 e. The van der Waals surface area contributed by atoms with Gasteiger partial charge < -0.3 is 19.3 Å². The molecule has 1 N–H and O–H groups in total. The summed E-state index contributed by atoms with van der Waals surface area (Å²) >= 11 is 0. The standard InChI is InChI=1S/C13H19N3O4/c1-9-6-12(15-20-9)14-13(17)7-16-3-5-19-11-8-18-4-2-10(11)16/h6,10-11H,2-5,7-8H2,1H3,(H,14,15,17)/t10-,11+/m0/s1. The molecule has 20 heavy (non-hydrogen) atoms. The summed E-state index contributed by atoms with van der Waals surface area (Å²) in [5, 5.41) is 6.51. The number of hydrogen-bond acceptors (Lipinski definition) is 6. The Labute approximate surface area is 117 Å². The summed E-state index contributed by atoms with van der Waals surface area (Å²) < 4.78 is 16.0. The van der Waals surface area contributed by atoms with Crippen molar-refractivity contribution in [3.63, 3.8) is 0 Å². The van der Waals surface area contributed by atoms with Crippen LogP contribution in [0.2, 0.25) is 0 Å². The fourth-order valence-electron chi connectivity index (χ4n) is 2.75. The molecule has 2 fully saturated rings. The number of hydrogen-bond donors (Lipinski definition) is 1. The van der Waals surface area contributed by atoms with E-state index >= 15 is 0 Å². The minimum Gasteiger partial charge on any atom is -0.379 e. The molecule has 2 aliphatic rings. The minimum absolute atomic E-state index is 0.0783. The molecule has 0 aromatic carbocycles. The third-order valence-electron chi connectivity index (χ3n) is 3.69. The average molecular weight is 281 g/mol. The summed E-state index contributed by atoms with van der Waals surface area (Å²) in [6.45, 7) is 4.89. The van der Waals surface area contributed by atoms with E-state index in [9.17, 15) is 4.79 Å². The Morgan fingerprint density at radius 1 is 1.55 bits per heavy atom. The molecule has 7 nitrogen and oxygen atoms in total. The molecule has 3 rings (SSSR count). The summed E-state index contributed by atoms with van der Waals surface area (Å²) in [5.41, 5.74) is 0. The largest absolute Gasteiger partial charge is 0.379 e. The molecule has 0 spiro atoms. The Kier molecular flexibility index (Phi) is 4.00. The second kappa shape index (κ2) is 5.90. The van der Waals surface area contributed by atoms with Gasteiger partial charge in [0.15, 0.2) is 5.82 Å². The number of anilines is 1. The molecule has 2 aliphatic heterocycles. The van der Waals surface area contributed by atoms with Gasteiger partial charge in [-0.2, -0.15) is 0 Å². The van der Waals surface area contributed by atoms with Crippen LogP contribution in [0, 0.1) is 6.92 Å². The van der Waals surface area contributed by atoms with Crippen LogP contribution in [0.15, 0.2) is 10.6 Å². The summed E-state index contributed by atoms with van der Waals surface area (Å²) in [7, 11) is 0. The van der Waals surface area contributed by atoms with Crippen LogP contribution >= 0.6 is 0 Å². The van der Waals surface area contributed by atoms with Crippen LogP contribution in [-0.2, 0) is 14.3 Å². The monoisotopic (exact) mass is 281 g/mol. The highest BCUT2D eigenvalue weighted by Crippen LogP contribution is 2.21. The van der Waals surface area contributed by atoms with Crippen molar-refractivity contribution in [3.8, 4) is 0 Å². The van der Waals surface area contributed by atoms with Gasteiger partial charge in [0.25, 0.3) is 0 Å². The zero-order chi connectivity index (χ0) is 13.9. The van der Waals surface area contributed by atoms with Gasteiger partial charge in [-0.1, -0.05) is 5.16 Å². The lowest BCUT2D eigenvalue weighted by Crippen LogP contribution is -2.57. The highest BCUT2D eigenvalue weighted by molar-refractivity contribution is 5.91. The molecule has 110 valence electrons. The number of carbonyl (C=O) groups excluding carboxylic acids is 1. The summed E-state index contributed by atoms with van der Waals surface area (Å²) in [4.78, 5) is 14.2. The number of amides is 1. The smallest absolute Gasteiger partial charge is 0.239 e. The van der Waals surface area contributed by atoms with E-state index in [1.165, 1.54) is 0 Å². The van der Waals surface area contributed by atoms with Gasteiger partial charge in [0.2, 0.25) is 5.91 Å². The van der Waals surface area contributed by atoms with Crippen molar-refractivity contribution in [3.05, 3.63) is 11.8 Å². The molecule has 0 saturated carbocycles. The molecule has 1 aromatic rings. The van der Waals surface area contributed by atoms with Crippen molar-refractivity contribution < 1.29 is 18.8 Å². The van der Waals surface area contributed by atoms with Crippen LogP contribution in [-0.4, -0.2) is 61.0 Å². The predicted octanol–water partition coefficient (Wildman–Crippen LogP) is 0.411. The van der Waals surface area contributed by atoms with Crippen molar-refractivity contribution in [1.82, 2.24) is 10.1 Å². The first-order chi connectivity index (χ1) is 9.72. The number of rotatable bonds is 3. The van der Waals surface area contributed by atoms with Crippen molar-refractivity contribution in [2.45, 2.75) is 25.5 Å². The molecule has 3 heterocycles. The molecule has 7 heteroatoms. The topological polar surface area (TPSA) is 76.8 Å². The number of morpholine rings is 1. The quantitative estimate of drug-likeness (QED) is 0.865. The van der Waals surface area contributed by atoms with Gasteiger partial charge in [-0.3, -0.25) is 9.69 Å². The SMILES string of the molecule is Cc1cc(NC(=O)CN2CCO[C@@H]3COCC[C@@H]32)no1. The van der Waals surface area contributed by atoms with E-state index in [1.54, 1.807) is 13.0 Å². The van der Waals surface area contributed by atoms with Crippen molar-refractivity contribution in [2.75, 3.05) is 38.2 Å². The molecule has 2 saturated heterocycles. The number of aryl methyl sites for hydroxylation is 1. The van der Waals surface area contributed by atoms with Crippen molar-refractivity contribution >= 4 is 11.7 Å². The predicted molar refractivity (Wildman–Crippen MR) is 70.4 cm³/mol. The molecule has 0 aliphatic carbocycles. The van der Waals surface area contributed by atoms with Gasteiger partial charge >= 0.3 is 0 Å². The summed E-state index contributed by atoms with van der Waals surface area (Å²) in [6, 6.07) is 1.97. The van der Waals surface area contributed by atoms with Gasteiger partial charge in [0.1, 0.15) is 5.76 Å². The molecular weight excluding hydrogens is 262 g/mol. The van der Waals surface area contributed by atoms with Gasteiger partial charge in [-0.05, 0) is 13.3 Å². The van der Waals surface area contributed by atoms with Gasteiger partial charge in [-0.25, -0.2) is 0 Å². The third-order valence-corrected chi connectivity index (χ3v) is 3.69. The van der Waals surface area contributed by atoms with Crippen LogP contribution < -0.4 is 5.32 Å². The van der Waals surface area contributed by atoms with E-state index in [2.05, 4.69) is 15.4 Å². The first kappa shape index (κ1) is 13.5. The van der Waals surface area contributed by atoms with E-state index in [-0.39, 0.29) is 18.1 Å². The number of nitrogens with zero attached hydrogens (tertiary/aromatic N) is 2. The molecule has 0 bridgehead atoms. The van der Waals surface area contributed by atoms with Crippen molar-refractivity contribution in [2.24, 2.45) is 0 Å². The van der Waals surface area contributed by atoms with E-state index in [1.807, 2.05) is 0 Å². The fraction of sp³-hybridized carbons (Fsp3) is 0.692. The Bertz CT molecular complexity index is 474. The van der Waals surface area contributed by atoms with Crippen LogP contribution in [0.4, 0.5) is 5.82 Å². The highest BCUT2D eigenvalue weighted by atomic mass is 16.5. The van der Waals surface area contributed by atoms with E-state index < -0.39 is 0 Å². The Hall–Kier alpha value is -1.44. The Morgan fingerprint density at radius 3 is 3.25 bits per heavy atom. The summed E-state index contributed by atoms with van der Waals surface area (Å²) in [6.07, 6.45) is 0.987. The van der Waals surface area contributed by atoms with Gasteiger partial charge in [-0.15, -0.1) is 0 Å². The number of aromatic nitrogens is 1. The lowest BCUT2D eigenvalue weighted by atomic mass is 10.0. The third kappa shape index (κ3) is 3.00. The van der Waals surface area contributed by atoms with E-state index in [4.69, 9.17) is 14.0 Å². The number of fused-ring (bicyclic) bond motifs is 1. The summed E-state index contributed by atoms with van der Waals surface area (Å²) in [5.74, 6) is 1.06. The van der Waals surface area contributed by atoms with Gasteiger partial charge in [0.05, 0.1) is 25.9 Å². The lowest BCUT2D eigenvalue weighted by Gasteiger charge is -2.43. The van der Waals surface area contributed by atoms with E-state index in [0.29, 0.717) is 31.3 Å². The Morgan fingerprint density at radius 2 is 2.45 bits per heavy atom. The molecule has 2 atom stereocenters. The highest BCUT2D eigenvalue weighted by Gasteiger charge is 2.35. The first-order valence-electron chi connectivity index (χ1n) is 6.89. The molecule has 0 radical (unpaired) electrons. The molecular formula is C13H19N3O4. The number of carbonyl (C=O) groups is 1. The van der Waals surface area contributed by atoms with Crippen LogP contribution in [0.25, 0.3) is 0 Å². The maximum atomic E-state index is 12.1. The molecule has 1 amide bonds. The van der Waals surface area contributed by atoms with Crippen LogP contribution in [0.1, 0.15) is 12.2 Å². The number of ether oxygens (including phenoxy) is 2. The van der Waals surface area contributed by atoms with Crippen molar-refractivity contribution in [1.29, 1.82) is 0 Å². The lowest BCUT2D eigenvalue weighted by molar-refractivity contribution is -0.142. The average Bonchev–Trinajstić information content (AvgIpc) is 2.84. The first-order valence-corrected chi connectivity index (χ1v) is 6.89. The van der Waals surface area contributed by atoms with E-state index in [0.717, 1.165) is 19.6 Å². The molecule has 0 unspecified atom stereocenters.